The predicted octanol–water partition coefficient (Wildman–Crippen LogP) is 9.51. The van der Waals surface area contributed by atoms with Crippen molar-refractivity contribution in [3.05, 3.63) is 115 Å². The SMILES string of the molecule is c1ccc(-c2nc(-n3c4ccccc4c4c5c(ccc43)oc3ccccc35)c3sc4ccccc4c3n2)cc1. The highest BCUT2D eigenvalue weighted by Crippen LogP contribution is 2.43. The highest BCUT2D eigenvalue weighted by molar-refractivity contribution is 7.26. The van der Waals surface area contributed by atoms with Crippen LogP contribution < -0.4 is 0 Å². The van der Waals surface area contributed by atoms with Crippen LogP contribution in [0.1, 0.15) is 0 Å². The molecular weight excluding hydrogens is 498 g/mol. The minimum atomic E-state index is 0.724. The summed E-state index contributed by atoms with van der Waals surface area (Å²) in [6.07, 6.45) is 0. The molecule has 0 atom stereocenters. The summed E-state index contributed by atoms with van der Waals surface area (Å²) in [5.41, 5.74) is 6.00. The molecule has 0 fully saturated rings. The molecule has 0 saturated heterocycles. The molecule has 0 radical (unpaired) electrons. The lowest BCUT2D eigenvalue weighted by Gasteiger charge is -2.10. The highest BCUT2D eigenvalue weighted by Gasteiger charge is 2.22. The average Bonchev–Trinajstić information content (AvgIpc) is 3.66. The molecule has 0 saturated carbocycles. The van der Waals surface area contributed by atoms with Crippen LogP contribution in [0.25, 0.3) is 81.3 Å². The van der Waals surface area contributed by atoms with Gasteiger partial charge in [0.25, 0.3) is 0 Å². The number of para-hydroxylation sites is 2. The van der Waals surface area contributed by atoms with Crippen molar-refractivity contribution in [1.29, 1.82) is 0 Å². The van der Waals surface area contributed by atoms with Gasteiger partial charge in [0.1, 0.15) is 11.2 Å². The van der Waals surface area contributed by atoms with Crippen molar-refractivity contribution < 1.29 is 4.42 Å². The number of aromatic nitrogens is 3. The highest BCUT2D eigenvalue weighted by atomic mass is 32.1. The number of fused-ring (bicyclic) bond motifs is 10. The fourth-order valence-corrected chi connectivity index (χ4v) is 7.07. The lowest BCUT2D eigenvalue weighted by Crippen LogP contribution is -2.01. The van der Waals surface area contributed by atoms with Gasteiger partial charge < -0.3 is 4.42 Å². The number of nitrogens with zero attached hydrogens (tertiary/aromatic N) is 3. The van der Waals surface area contributed by atoms with E-state index >= 15 is 0 Å². The molecule has 4 heterocycles. The van der Waals surface area contributed by atoms with Gasteiger partial charge in [0.2, 0.25) is 0 Å². The third-order valence-electron chi connectivity index (χ3n) is 7.62. The maximum atomic E-state index is 6.28. The van der Waals surface area contributed by atoms with Crippen molar-refractivity contribution in [2.24, 2.45) is 0 Å². The van der Waals surface area contributed by atoms with Crippen molar-refractivity contribution >= 4 is 75.4 Å². The summed E-state index contributed by atoms with van der Waals surface area (Å²) in [5.74, 6) is 1.63. The van der Waals surface area contributed by atoms with Gasteiger partial charge in [-0.1, -0.05) is 84.9 Å². The Hall–Kier alpha value is -5.00. The fourth-order valence-electron chi connectivity index (χ4n) is 5.95. The molecule has 4 nitrogen and oxygen atoms in total. The largest absolute Gasteiger partial charge is 0.456 e. The minimum absolute atomic E-state index is 0.724. The number of benzene rings is 5. The third kappa shape index (κ3) is 2.88. The van der Waals surface area contributed by atoms with Crippen molar-refractivity contribution in [3.63, 3.8) is 0 Å². The van der Waals surface area contributed by atoms with E-state index in [-0.39, 0.29) is 0 Å². The zero-order chi connectivity index (χ0) is 25.5. The quantitative estimate of drug-likeness (QED) is 0.229. The fraction of sp³-hybridized carbons (Fsp3) is 0. The van der Waals surface area contributed by atoms with E-state index in [0.717, 1.165) is 65.8 Å². The second-order valence-electron chi connectivity index (χ2n) is 9.80. The van der Waals surface area contributed by atoms with Gasteiger partial charge in [-0.2, -0.15) is 0 Å². The van der Waals surface area contributed by atoms with Crippen LogP contribution in [-0.2, 0) is 0 Å². The summed E-state index contributed by atoms with van der Waals surface area (Å²) >= 11 is 1.75. The third-order valence-corrected chi connectivity index (χ3v) is 8.78. The molecule has 182 valence electrons. The Morgan fingerprint density at radius 1 is 0.564 bits per heavy atom. The molecule has 0 aliphatic heterocycles. The van der Waals surface area contributed by atoms with Crippen molar-refractivity contribution in [1.82, 2.24) is 14.5 Å². The van der Waals surface area contributed by atoms with Crippen LogP contribution in [0.3, 0.4) is 0 Å². The summed E-state index contributed by atoms with van der Waals surface area (Å²) in [5, 5.41) is 5.78. The molecule has 0 spiro atoms. The van der Waals surface area contributed by atoms with Gasteiger partial charge in [-0.15, -0.1) is 11.3 Å². The topological polar surface area (TPSA) is 43.9 Å². The zero-order valence-corrected chi connectivity index (χ0v) is 21.4. The smallest absolute Gasteiger partial charge is 0.162 e. The van der Waals surface area contributed by atoms with E-state index in [4.69, 9.17) is 14.4 Å². The van der Waals surface area contributed by atoms with Crippen molar-refractivity contribution in [2.75, 3.05) is 0 Å². The number of hydrogen-bond acceptors (Lipinski definition) is 4. The molecule has 9 rings (SSSR count). The van der Waals surface area contributed by atoms with Gasteiger partial charge in [-0.3, -0.25) is 4.57 Å². The minimum Gasteiger partial charge on any atom is -0.456 e. The van der Waals surface area contributed by atoms with E-state index in [1.165, 1.54) is 15.5 Å². The van der Waals surface area contributed by atoms with Crippen LogP contribution >= 0.6 is 11.3 Å². The van der Waals surface area contributed by atoms with Crippen LogP contribution in [0.15, 0.2) is 120 Å². The van der Waals surface area contributed by atoms with E-state index in [9.17, 15) is 0 Å². The first-order valence-electron chi connectivity index (χ1n) is 12.9. The molecule has 0 aliphatic carbocycles. The van der Waals surface area contributed by atoms with Gasteiger partial charge in [-0.25, -0.2) is 9.97 Å². The number of rotatable bonds is 2. The Morgan fingerprint density at radius 2 is 1.31 bits per heavy atom. The van der Waals surface area contributed by atoms with E-state index < -0.39 is 0 Å². The summed E-state index contributed by atoms with van der Waals surface area (Å²) in [4.78, 5) is 10.4. The normalized spacial score (nSPS) is 12.1. The number of hydrogen-bond donors (Lipinski definition) is 0. The number of thiophene rings is 1. The van der Waals surface area contributed by atoms with E-state index in [2.05, 4.69) is 89.5 Å². The van der Waals surface area contributed by atoms with Crippen LogP contribution in [0, 0.1) is 0 Å². The first-order chi connectivity index (χ1) is 19.3. The molecular formula is C34H19N3OS. The van der Waals surface area contributed by atoms with Crippen molar-refractivity contribution in [3.8, 4) is 17.2 Å². The summed E-state index contributed by atoms with van der Waals surface area (Å²) in [6, 6.07) is 39.9. The first kappa shape index (κ1) is 21.0. The molecule has 0 unspecified atom stereocenters. The Morgan fingerprint density at radius 3 is 2.21 bits per heavy atom. The van der Waals surface area contributed by atoms with Crippen molar-refractivity contribution in [2.45, 2.75) is 0 Å². The summed E-state index contributed by atoms with van der Waals surface area (Å²) in [6.45, 7) is 0. The Balaban J connectivity index is 1.50. The second-order valence-corrected chi connectivity index (χ2v) is 10.8. The Bertz CT molecular complexity index is 2400. The first-order valence-corrected chi connectivity index (χ1v) is 13.8. The predicted molar refractivity (Wildman–Crippen MR) is 162 cm³/mol. The molecule has 4 aromatic heterocycles. The molecule has 0 aliphatic rings. The summed E-state index contributed by atoms with van der Waals surface area (Å²) < 4.78 is 10.9. The van der Waals surface area contributed by atoms with Crippen LogP contribution in [-0.4, -0.2) is 14.5 Å². The summed E-state index contributed by atoms with van der Waals surface area (Å²) in [7, 11) is 0. The van der Waals surface area contributed by atoms with E-state index in [0.29, 0.717) is 0 Å². The monoisotopic (exact) mass is 517 g/mol. The van der Waals surface area contributed by atoms with Gasteiger partial charge >= 0.3 is 0 Å². The zero-order valence-electron chi connectivity index (χ0n) is 20.6. The molecule has 0 N–H and O–H groups in total. The Labute approximate surface area is 226 Å². The standard InChI is InChI=1S/C34H19N3OS/c1-2-10-20(11-3-1)33-35-31-23-14-6-9-17-28(23)39-32(31)34(36-33)37-24-15-7-4-12-21(24)29-25(37)18-19-27-30(29)22-13-5-8-16-26(22)38-27/h1-19H. The lowest BCUT2D eigenvalue weighted by atomic mass is 10.1. The molecule has 39 heavy (non-hydrogen) atoms. The molecule has 0 bridgehead atoms. The molecule has 0 amide bonds. The Kier molecular flexibility index (Phi) is 4.18. The maximum absolute atomic E-state index is 6.28. The molecule has 5 aromatic carbocycles. The van der Waals surface area contributed by atoms with Crippen LogP contribution in [0.5, 0.6) is 0 Å². The van der Waals surface area contributed by atoms with Crippen LogP contribution in [0.4, 0.5) is 0 Å². The van der Waals surface area contributed by atoms with Gasteiger partial charge in [-0.05, 0) is 30.3 Å². The van der Waals surface area contributed by atoms with Crippen LogP contribution in [0.2, 0.25) is 0 Å². The van der Waals surface area contributed by atoms with E-state index in [1.54, 1.807) is 11.3 Å². The lowest BCUT2D eigenvalue weighted by molar-refractivity contribution is 0.669. The maximum Gasteiger partial charge on any atom is 0.162 e. The average molecular weight is 518 g/mol. The molecule has 5 heteroatoms. The van der Waals surface area contributed by atoms with E-state index in [1.807, 2.05) is 30.3 Å². The van der Waals surface area contributed by atoms with Gasteiger partial charge in [0.05, 0.1) is 21.3 Å². The van der Waals surface area contributed by atoms with Gasteiger partial charge in [0.15, 0.2) is 11.6 Å². The molecule has 9 aromatic rings. The number of furan rings is 1. The van der Waals surface area contributed by atoms with Gasteiger partial charge in [0, 0.05) is 37.2 Å². The second kappa shape index (κ2) is 7.76.